The minimum Gasteiger partial charge on any atom is -0.492 e. The molecule has 1 unspecified atom stereocenters. The third kappa shape index (κ3) is 8.43. The summed E-state index contributed by atoms with van der Waals surface area (Å²) in [6.45, 7) is 13.4. The lowest BCUT2D eigenvalue weighted by Crippen LogP contribution is -2.48. The van der Waals surface area contributed by atoms with Gasteiger partial charge in [0.25, 0.3) is 0 Å². The minimum atomic E-state index is -1.09. The number of hydrogen-bond acceptors (Lipinski definition) is 6. The van der Waals surface area contributed by atoms with Crippen LogP contribution in [0.2, 0.25) is 5.02 Å². The quantitative estimate of drug-likeness (QED) is 0.501. The molecule has 34 heavy (non-hydrogen) atoms. The highest BCUT2D eigenvalue weighted by atomic mass is 35.5. The van der Waals surface area contributed by atoms with Crippen LogP contribution < -0.4 is 9.47 Å². The molecule has 188 valence electrons. The Bertz CT molecular complexity index is 852. The first-order valence-corrected chi connectivity index (χ1v) is 12.5. The fraction of sp³-hybridized carbons (Fsp3) is 0.556. The maximum Gasteiger partial charge on any atom is 0.134 e. The zero-order valence-corrected chi connectivity index (χ0v) is 21.6. The Kier molecular flexibility index (Phi) is 10.0. The highest BCUT2D eigenvalue weighted by Gasteiger charge is 2.33. The molecule has 6 nitrogen and oxygen atoms in total. The molecule has 2 aromatic rings. The first-order chi connectivity index (χ1) is 16.2. The van der Waals surface area contributed by atoms with E-state index in [0.717, 1.165) is 25.4 Å². The molecule has 0 saturated carbocycles. The maximum atomic E-state index is 11.1. The largest absolute Gasteiger partial charge is 0.492 e. The van der Waals surface area contributed by atoms with E-state index in [1.807, 2.05) is 12.1 Å². The number of rotatable bonds is 11. The van der Waals surface area contributed by atoms with E-state index in [1.165, 1.54) is 5.56 Å². The van der Waals surface area contributed by atoms with Gasteiger partial charge in [-0.05, 0) is 69.7 Å². The summed E-state index contributed by atoms with van der Waals surface area (Å²) in [4.78, 5) is 4.63. The monoisotopic (exact) mass is 490 g/mol. The molecule has 1 fully saturated rings. The Balaban J connectivity index is 1.50. The molecule has 1 heterocycles. The maximum absolute atomic E-state index is 11.1. The molecule has 1 aliphatic rings. The summed E-state index contributed by atoms with van der Waals surface area (Å²) >= 11 is 5.93. The summed E-state index contributed by atoms with van der Waals surface area (Å²) in [7, 11) is 0. The standard InChI is InChI=1S/C27H39ClN2O4/c1-21(2)30(22(3)4)14-16-33-25-9-5-23(6-10-25)17-29-13-15-32-19-27(31,18-29)20-34-26-11-7-24(28)8-12-26/h5-12,21-22,31H,13-20H2,1-4H3. The zero-order valence-electron chi connectivity index (χ0n) is 20.9. The molecule has 0 amide bonds. The van der Waals surface area contributed by atoms with Gasteiger partial charge in [0, 0.05) is 43.3 Å². The Morgan fingerprint density at radius 1 is 1.00 bits per heavy atom. The molecule has 0 radical (unpaired) electrons. The van der Waals surface area contributed by atoms with E-state index in [-0.39, 0.29) is 13.2 Å². The number of β-amino-alcohol motifs (C(OH)–C–C–N with tert-alkyl or cyclic N) is 1. The fourth-order valence-corrected chi connectivity index (χ4v) is 4.42. The fourth-order valence-electron chi connectivity index (χ4n) is 4.30. The molecule has 0 spiro atoms. The van der Waals surface area contributed by atoms with E-state index < -0.39 is 5.60 Å². The molecule has 1 N–H and O–H groups in total. The molecular weight excluding hydrogens is 452 g/mol. The van der Waals surface area contributed by atoms with E-state index in [1.54, 1.807) is 24.3 Å². The van der Waals surface area contributed by atoms with Gasteiger partial charge in [0.2, 0.25) is 0 Å². The lowest BCUT2D eigenvalue weighted by Gasteiger charge is -2.30. The van der Waals surface area contributed by atoms with Gasteiger partial charge < -0.3 is 19.3 Å². The van der Waals surface area contributed by atoms with Crippen LogP contribution in [0.15, 0.2) is 48.5 Å². The molecule has 0 aliphatic carbocycles. The smallest absolute Gasteiger partial charge is 0.134 e. The van der Waals surface area contributed by atoms with Crippen molar-refractivity contribution in [2.24, 2.45) is 0 Å². The summed E-state index contributed by atoms with van der Waals surface area (Å²) in [6.07, 6.45) is 0. The summed E-state index contributed by atoms with van der Waals surface area (Å²) < 4.78 is 17.5. The van der Waals surface area contributed by atoms with E-state index >= 15 is 0 Å². The van der Waals surface area contributed by atoms with Gasteiger partial charge in [-0.25, -0.2) is 0 Å². The third-order valence-corrected chi connectivity index (χ3v) is 6.29. The first-order valence-electron chi connectivity index (χ1n) is 12.1. The van der Waals surface area contributed by atoms with Crippen LogP contribution in [0.25, 0.3) is 0 Å². The van der Waals surface area contributed by atoms with Gasteiger partial charge in [-0.2, -0.15) is 0 Å². The summed E-state index contributed by atoms with van der Waals surface area (Å²) in [5.74, 6) is 1.55. The molecule has 0 aromatic heterocycles. The van der Waals surface area contributed by atoms with Crippen LogP contribution >= 0.6 is 11.6 Å². The van der Waals surface area contributed by atoms with Crippen molar-refractivity contribution >= 4 is 11.6 Å². The molecule has 3 rings (SSSR count). The van der Waals surface area contributed by atoms with Crippen molar-refractivity contribution in [1.29, 1.82) is 0 Å². The number of halogens is 1. The lowest BCUT2D eigenvalue weighted by atomic mass is 10.1. The summed E-state index contributed by atoms with van der Waals surface area (Å²) in [6, 6.07) is 16.4. The van der Waals surface area contributed by atoms with Crippen LogP contribution in [0.5, 0.6) is 11.5 Å². The van der Waals surface area contributed by atoms with Crippen LogP contribution in [-0.2, 0) is 11.3 Å². The number of aliphatic hydroxyl groups is 1. The van der Waals surface area contributed by atoms with Crippen molar-refractivity contribution in [2.45, 2.75) is 51.9 Å². The Morgan fingerprint density at radius 2 is 1.62 bits per heavy atom. The van der Waals surface area contributed by atoms with Crippen molar-refractivity contribution in [3.8, 4) is 11.5 Å². The van der Waals surface area contributed by atoms with Crippen LogP contribution in [0, 0.1) is 0 Å². The Hall–Kier alpha value is -1.83. The van der Waals surface area contributed by atoms with Crippen LogP contribution in [-0.4, -0.2) is 78.7 Å². The van der Waals surface area contributed by atoms with Crippen molar-refractivity contribution < 1.29 is 19.3 Å². The Labute approximate surface area is 209 Å². The topological polar surface area (TPSA) is 54.4 Å². The number of ether oxygens (including phenoxy) is 3. The van der Waals surface area contributed by atoms with Crippen LogP contribution in [0.4, 0.5) is 0 Å². The number of nitrogens with zero attached hydrogens (tertiary/aromatic N) is 2. The van der Waals surface area contributed by atoms with E-state index in [9.17, 15) is 5.11 Å². The predicted molar refractivity (Wildman–Crippen MR) is 137 cm³/mol. The average molecular weight is 491 g/mol. The summed E-state index contributed by atoms with van der Waals surface area (Å²) in [5.41, 5.74) is 0.0824. The Morgan fingerprint density at radius 3 is 2.26 bits per heavy atom. The van der Waals surface area contributed by atoms with Crippen LogP contribution in [0.1, 0.15) is 33.3 Å². The van der Waals surface area contributed by atoms with Gasteiger partial charge in [-0.15, -0.1) is 0 Å². The van der Waals surface area contributed by atoms with Crippen molar-refractivity contribution in [2.75, 3.05) is 46.1 Å². The van der Waals surface area contributed by atoms with Gasteiger partial charge >= 0.3 is 0 Å². The second-order valence-electron chi connectivity index (χ2n) is 9.65. The van der Waals surface area contributed by atoms with E-state index in [4.69, 9.17) is 25.8 Å². The number of hydrogen-bond donors (Lipinski definition) is 1. The lowest BCUT2D eigenvalue weighted by molar-refractivity contribution is -0.0646. The minimum absolute atomic E-state index is 0.154. The van der Waals surface area contributed by atoms with Gasteiger partial charge in [0.15, 0.2) is 0 Å². The van der Waals surface area contributed by atoms with Crippen molar-refractivity contribution in [1.82, 2.24) is 9.80 Å². The van der Waals surface area contributed by atoms with Crippen molar-refractivity contribution in [3.05, 3.63) is 59.1 Å². The second kappa shape index (κ2) is 12.8. The summed E-state index contributed by atoms with van der Waals surface area (Å²) in [5, 5.41) is 11.8. The zero-order chi connectivity index (χ0) is 24.6. The highest BCUT2D eigenvalue weighted by Crippen LogP contribution is 2.21. The van der Waals surface area contributed by atoms with Gasteiger partial charge in [-0.3, -0.25) is 9.80 Å². The SMILES string of the molecule is CC(C)N(CCOc1ccc(CN2CCOCC(O)(COc3ccc(Cl)cc3)C2)cc1)C(C)C. The van der Waals surface area contributed by atoms with Gasteiger partial charge in [0.05, 0.1) is 13.2 Å². The van der Waals surface area contributed by atoms with Crippen LogP contribution in [0.3, 0.4) is 0 Å². The van der Waals surface area contributed by atoms with E-state index in [2.05, 4.69) is 49.6 Å². The molecule has 1 atom stereocenters. The first kappa shape index (κ1) is 26.8. The molecule has 7 heteroatoms. The van der Waals surface area contributed by atoms with E-state index in [0.29, 0.717) is 42.6 Å². The van der Waals surface area contributed by atoms with Crippen molar-refractivity contribution in [3.63, 3.8) is 0 Å². The van der Waals surface area contributed by atoms with Gasteiger partial charge in [-0.1, -0.05) is 23.7 Å². The second-order valence-corrected chi connectivity index (χ2v) is 10.1. The predicted octanol–water partition coefficient (Wildman–Crippen LogP) is 4.48. The molecular formula is C27H39ClN2O4. The molecule has 0 bridgehead atoms. The molecule has 1 saturated heterocycles. The highest BCUT2D eigenvalue weighted by molar-refractivity contribution is 6.30. The molecule has 2 aromatic carbocycles. The van der Waals surface area contributed by atoms with Gasteiger partial charge in [0.1, 0.15) is 30.3 Å². The third-order valence-electron chi connectivity index (χ3n) is 6.04. The average Bonchev–Trinajstić information content (AvgIpc) is 2.98. The normalized spacial score (nSPS) is 19.6. The molecule has 1 aliphatic heterocycles. The number of benzene rings is 2.